The molecule has 0 N–H and O–H groups in total. The van der Waals surface area contributed by atoms with Crippen LogP contribution in [0.4, 0.5) is 5.69 Å². The zero-order valence-corrected chi connectivity index (χ0v) is 18.2. The van der Waals surface area contributed by atoms with E-state index >= 15 is 0 Å². The first-order valence-electron chi connectivity index (χ1n) is 8.72. The predicted octanol–water partition coefficient (Wildman–Crippen LogP) is 6.91. The molecule has 1 aliphatic heterocycles. The third kappa shape index (κ3) is 4.59. The summed E-state index contributed by atoms with van der Waals surface area (Å²) in [5.74, 6) is 1.27. The lowest BCUT2D eigenvalue weighted by atomic mass is 10.1. The number of rotatable bonds is 5. The predicted molar refractivity (Wildman–Crippen MR) is 116 cm³/mol. The topological polar surface area (TPSA) is 61.6 Å². The molecule has 0 fully saturated rings. The summed E-state index contributed by atoms with van der Waals surface area (Å²) in [6.45, 7) is 0.424. The van der Waals surface area contributed by atoms with Crippen LogP contribution >= 0.6 is 39.3 Å². The van der Waals surface area contributed by atoms with E-state index in [0.29, 0.717) is 22.3 Å². The Labute approximate surface area is 185 Å². The average Bonchev–Trinajstić information content (AvgIpc) is 2.72. The standard InChI is InChI=1S/C21H15BrClNO4S/c22-16-8-14-11-27-21(13-4-2-1-3-5-13)28-20(14)15(9-16)12-29-19-7-6-17(23)10-18(19)24(25)26/h1-10,21H,11-12H2. The minimum atomic E-state index is -0.488. The van der Waals surface area contributed by atoms with Crippen LogP contribution in [0.2, 0.25) is 5.02 Å². The third-order valence-corrected chi connectivity index (χ3v) is 6.20. The van der Waals surface area contributed by atoms with Crippen LogP contribution in [-0.4, -0.2) is 4.92 Å². The second kappa shape index (κ2) is 8.75. The SMILES string of the molecule is O=[N+]([O-])c1cc(Cl)ccc1SCc1cc(Br)cc2c1OC(c1ccccc1)OC2. The van der Waals surface area contributed by atoms with Crippen LogP contribution in [0.3, 0.4) is 0 Å². The summed E-state index contributed by atoms with van der Waals surface area (Å²) in [4.78, 5) is 11.5. The van der Waals surface area contributed by atoms with Crippen LogP contribution < -0.4 is 4.74 Å². The van der Waals surface area contributed by atoms with Crippen molar-refractivity contribution < 1.29 is 14.4 Å². The first-order valence-corrected chi connectivity index (χ1v) is 10.9. The molecule has 4 rings (SSSR count). The molecule has 3 aromatic rings. The molecule has 0 aromatic heterocycles. The Bertz CT molecular complexity index is 1060. The van der Waals surface area contributed by atoms with Crippen LogP contribution in [0.5, 0.6) is 5.75 Å². The fraction of sp³-hybridized carbons (Fsp3) is 0.143. The van der Waals surface area contributed by atoms with E-state index in [2.05, 4.69) is 15.9 Å². The van der Waals surface area contributed by atoms with Gasteiger partial charge in [0.1, 0.15) is 5.75 Å². The van der Waals surface area contributed by atoms with E-state index in [1.165, 1.54) is 17.8 Å². The summed E-state index contributed by atoms with van der Waals surface area (Å²) >= 11 is 10.8. The van der Waals surface area contributed by atoms with Crippen molar-refractivity contribution >= 4 is 45.0 Å². The Morgan fingerprint density at radius 2 is 1.97 bits per heavy atom. The quantitative estimate of drug-likeness (QED) is 0.220. The van der Waals surface area contributed by atoms with Crippen molar-refractivity contribution in [1.82, 2.24) is 0 Å². The Balaban J connectivity index is 1.61. The maximum Gasteiger partial charge on any atom is 0.284 e. The lowest BCUT2D eigenvalue weighted by Gasteiger charge is -2.28. The zero-order chi connectivity index (χ0) is 20.4. The van der Waals surface area contributed by atoms with Gasteiger partial charge in [-0.05, 0) is 24.3 Å². The summed E-state index contributed by atoms with van der Waals surface area (Å²) in [5.41, 5.74) is 2.81. The van der Waals surface area contributed by atoms with Gasteiger partial charge in [-0.1, -0.05) is 57.9 Å². The average molecular weight is 493 g/mol. The number of nitro benzene ring substituents is 1. The maximum atomic E-state index is 11.4. The van der Waals surface area contributed by atoms with E-state index in [0.717, 1.165) is 26.9 Å². The lowest BCUT2D eigenvalue weighted by molar-refractivity contribution is -0.387. The number of hydrogen-bond acceptors (Lipinski definition) is 5. The zero-order valence-electron chi connectivity index (χ0n) is 15.0. The van der Waals surface area contributed by atoms with Crippen molar-refractivity contribution in [2.45, 2.75) is 23.5 Å². The molecule has 1 atom stereocenters. The van der Waals surface area contributed by atoms with E-state index in [-0.39, 0.29) is 5.69 Å². The second-order valence-corrected chi connectivity index (χ2v) is 8.75. The van der Waals surface area contributed by atoms with E-state index < -0.39 is 11.2 Å². The van der Waals surface area contributed by atoms with Gasteiger partial charge in [-0.2, -0.15) is 0 Å². The number of halogens is 2. The molecule has 0 aliphatic carbocycles. The van der Waals surface area contributed by atoms with Gasteiger partial charge in [-0.15, -0.1) is 11.8 Å². The summed E-state index contributed by atoms with van der Waals surface area (Å²) in [7, 11) is 0. The molecule has 0 radical (unpaired) electrons. The number of ether oxygens (including phenoxy) is 2. The van der Waals surface area contributed by atoms with Gasteiger partial charge in [0.2, 0.25) is 6.29 Å². The number of nitrogens with zero attached hydrogens (tertiary/aromatic N) is 1. The molecule has 1 heterocycles. The van der Waals surface area contributed by atoms with Crippen LogP contribution in [0.25, 0.3) is 0 Å². The first kappa shape index (κ1) is 20.2. The number of thioether (sulfide) groups is 1. The molecule has 8 heteroatoms. The number of benzene rings is 3. The van der Waals surface area contributed by atoms with Gasteiger partial charge in [-0.3, -0.25) is 10.1 Å². The van der Waals surface area contributed by atoms with Crippen molar-refractivity contribution in [1.29, 1.82) is 0 Å². The third-order valence-electron chi connectivity index (χ3n) is 4.40. The Morgan fingerprint density at radius 1 is 1.17 bits per heavy atom. The molecule has 0 amide bonds. The first-order chi connectivity index (χ1) is 14.0. The van der Waals surface area contributed by atoms with Crippen molar-refractivity contribution in [3.8, 4) is 5.75 Å². The summed E-state index contributed by atoms with van der Waals surface area (Å²) in [6.07, 6.45) is -0.488. The molecular weight excluding hydrogens is 478 g/mol. The van der Waals surface area contributed by atoms with Crippen LogP contribution in [-0.2, 0) is 17.1 Å². The normalized spacial score (nSPS) is 15.4. The van der Waals surface area contributed by atoms with E-state index in [9.17, 15) is 10.1 Å². The Hall–Kier alpha value is -2.06. The van der Waals surface area contributed by atoms with Gasteiger partial charge in [0.15, 0.2) is 0 Å². The van der Waals surface area contributed by atoms with E-state index in [1.807, 2.05) is 42.5 Å². The van der Waals surface area contributed by atoms with Gasteiger partial charge in [0.05, 0.1) is 16.4 Å². The molecule has 148 valence electrons. The fourth-order valence-corrected chi connectivity index (χ4v) is 4.76. The highest BCUT2D eigenvalue weighted by atomic mass is 79.9. The van der Waals surface area contributed by atoms with Crippen LogP contribution in [0.1, 0.15) is 23.0 Å². The van der Waals surface area contributed by atoms with Crippen LogP contribution in [0.15, 0.2) is 70.0 Å². The smallest absolute Gasteiger partial charge is 0.284 e. The number of nitro groups is 1. The monoisotopic (exact) mass is 491 g/mol. The summed E-state index contributed by atoms with van der Waals surface area (Å²) in [6, 6.07) is 18.4. The van der Waals surface area contributed by atoms with Gasteiger partial charge in [0, 0.05) is 38.0 Å². The molecule has 0 spiro atoms. The maximum absolute atomic E-state index is 11.4. The van der Waals surface area contributed by atoms with Gasteiger partial charge < -0.3 is 9.47 Å². The molecule has 5 nitrogen and oxygen atoms in total. The molecular formula is C21H15BrClNO4S. The number of fused-ring (bicyclic) bond motifs is 1. The van der Waals surface area contributed by atoms with Crippen molar-refractivity contribution in [2.75, 3.05) is 0 Å². The Kier molecular flexibility index (Phi) is 6.10. The molecule has 1 aliphatic rings. The molecule has 0 bridgehead atoms. The molecule has 0 saturated heterocycles. The Morgan fingerprint density at radius 3 is 2.72 bits per heavy atom. The minimum Gasteiger partial charge on any atom is -0.460 e. The van der Waals surface area contributed by atoms with E-state index in [4.69, 9.17) is 21.1 Å². The highest BCUT2D eigenvalue weighted by molar-refractivity contribution is 9.10. The second-order valence-electron chi connectivity index (χ2n) is 6.38. The van der Waals surface area contributed by atoms with Gasteiger partial charge in [-0.25, -0.2) is 0 Å². The summed E-state index contributed by atoms with van der Waals surface area (Å²) < 4.78 is 13.0. The molecule has 29 heavy (non-hydrogen) atoms. The van der Waals surface area contributed by atoms with Gasteiger partial charge in [0.25, 0.3) is 5.69 Å². The van der Waals surface area contributed by atoms with E-state index in [1.54, 1.807) is 12.1 Å². The van der Waals surface area contributed by atoms with Crippen molar-refractivity contribution in [2.24, 2.45) is 0 Å². The molecule has 1 unspecified atom stereocenters. The minimum absolute atomic E-state index is 0.00206. The fourth-order valence-electron chi connectivity index (χ4n) is 3.07. The highest BCUT2D eigenvalue weighted by Gasteiger charge is 2.25. The largest absolute Gasteiger partial charge is 0.460 e. The highest BCUT2D eigenvalue weighted by Crippen LogP contribution is 2.41. The van der Waals surface area contributed by atoms with Crippen molar-refractivity contribution in [3.05, 3.63) is 97.0 Å². The molecule has 0 saturated carbocycles. The van der Waals surface area contributed by atoms with Crippen molar-refractivity contribution in [3.63, 3.8) is 0 Å². The van der Waals surface area contributed by atoms with Gasteiger partial charge >= 0.3 is 0 Å². The number of hydrogen-bond donors (Lipinski definition) is 0. The molecule has 3 aromatic carbocycles. The van der Waals surface area contributed by atoms with Crippen LogP contribution in [0, 0.1) is 10.1 Å². The summed E-state index contributed by atoms with van der Waals surface area (Å²) in [5, 5.41) is 11.7. The lowest BCUT2D eigenvalue weighted by Crippen LogP contribution is -2.19.